The van der Waals surface area contributed by atoms with Crippen molar-refractivity contribution in [2.24, 2.45) is 5.41 Å². The van der Waals surface area contributed by atoms with Gasteiger partial charge in [-0.2, -0.15) is 0 Å². The predicted molar refractivity (Wildman–Crippen MR) is 150 cm³/mol. The van der Waals surface area contributed by atoms with E-state index in [9.17, 15) is 0 Å². The fraction of sp³-hybridized carbons (Fsp3) is 0.233. The van der Waals surface area contributed by atoms with E-state index in [-0.39, 0.29) is 17.9 Å². The van der Waals surface area contributed by atoms with Gasteiger partial charge in [0.05, 0.1) is 27.0 Å². The zero-order valence-corrected chi connectivity index (χ0v) is 21.3. The first kappa shape index (κ1) is 21.2. The highest BCUT2D eigenvalue weighted by Crippen LogP contribution is 2.45. The molecule has 35 heavy (non-hydrogen) atoms. The van der Waals surface area contributed by atoms with Gasteiger partial charge in [-0.05, 0) is 60.9 Å². The van der Waals surface area contributed by atoms with Gasteiger partial charge in [-0.15, -0.1) is 11.3 Å². The van der Waals surface area contributed by atoms with Crippen LogP contribution in [-0.2, 0) is 4.65 Å². The molecule has 0 saturated carbocycles. The first-order valence-corrected chi connectivity index (χ1v) is 13.1. The van der Waals surface area contributed by atoms with Crippen molar-refractivity contribution in [3.05, 3.63) is 78.9 Å². The summed E-state index contributed by atoms with van der Waals surface area (Å²) in [7, 11) is 0. The number of fused-ring (bicyclic) bond motifs is 7. The molecule has 1 aliphatic heterocycles. The first-order valence-electron chi connectivity index (χ1n) is 12.3. The van der Waals surface area contributed by atoms with Crippen molar-refractivity contribution in [1.82, 2.24) is 9.38 Å². The van der Waals surface area contributed by atoms with Crippen molar-refractivity contribution < 1.29 is 4.65 Å². The van der Waals surface area contributed by atoms with E-state index in [0.717, 1.165) is 23.0 Å². The number of imidazole rings is 1. The topological polar surface area (TPSA) is 26.5 Å². The van der Waals surface area contributed by atoms with Crippen molar-refractivity contribution in [2.75, 3.05) is 0 Å². The summed E-state index contributed by atoms with van der Waals surface area (Å²) < 4.78 is 11.4. The number of hydrogen-bond acceptors (Lipinski definition) is 3. The minimum absolute atomic E-state index is 0.131. The van der Waals surface area contributed by atoms with Crippen LogP contribution in [0.15, 0.2) is 78.9 Å². The number of nitrogens with zero attached hydrogens (tertiary/aromatic N) is 2. The van der Waals surface area contributed by atoms with Gasteiger partial charge >= 0.3 is 6.92 Å². The summed E-state index contributed by atoms with van der Waals surface area (Å²) in [4.78, 5) is 5.09. The number of benzene rings is 3. The van der Waals surface area contributed by atoms with E-state index < -0.39 is 0 Å². The van der Waals surface area contributed by atoms with Gasteiger partial charge < -0.3 is 4.65 Å². The SMILES string of the molecule is CC1(C)CB(c2ccc(-c3cc4c5ccccc5sc4c4nc5ccccc5n34)cc2)OC1(C)C. The zero-order valence-electron chi connectivity index (χ0n) is 20.5. The molecule has 3 aromatic heterocycles. The molecule has 0 atom stereocenters. The van der Waals surface area contributed by atoms with Crippen LogP contribution < -0.4 is 5.46 Å². The highest BCUT2D eigenvalue weighted by molar-refractivity contribution is 7.26. The standard InChI is InChI=1S/C30H27BN2OS/c1-29(2)18-31(34-30(29,3)4)20-15-13-19(14-16-20)25-17-22-21-9-5-8-12-26(21)35-27(22)28-32-23-10-6-7-11-24(23)33(25)28/h5-17H,18H2,1-4H3. The zero-order chi connectivity index (χ0) is 23.9. The average Bonchev–Trinajstić information content (AvgIpc) is 3.48. The summed E-state index contributed by atoms with van der Waals surface area (Å²) in [6, 6.07) is 28.5. The Morgan fingerprint density at radius 1 is 0.886 bits per heavy atom. The van der Waals surface area contributed by atoms with Crippen LogP contribution in [0.4, 0.5) is 0 Å². The summed E-state index contributed by atoms with van der Waals surface area (Å²) in [5, 5.41) is 2.57. The second-order valence-electron chi connectivity index (χ2n) is 11.0. The second-order valence-corrected chi connectivity index (χ2v) is 12.0. The van der Waals surface area contributed by atoms with Gasteiger partial charge in [0, 0.05) is 15.5 Å². The van der Waals surface area contributed by atoms with Gasteiger partial charge in [0.25, 0.3) is 0 Å². The maximum atomic E-state index is 6.49. The Kier molecular flexibility index (Phi) is 4.35. The number of aromatic nitrogens is 2. The molecular weight excluding hydrogens is 447 g/mol. The van der Waals surface area contributed by atoms with E-state index in [4.69, 9.17) is 9.64 Å². The van der Waals surface area contributed by atoms with Gasteiger partial charge in [-0.3, -0.25) is 4.40 Å². The number of para-hydroxylation sites is 2. The maximum Gasteiger partial charge on any atom is 0.327 e. The van der Waals surface area contributed by atoms with Crippen molar-refractivity contribution >= 4 is 60.6 Å². The molecular formula is C30H27BN2OS. The van der Waals surface area contributed by atoms with Crippen LogP contribution in [-0.4, -0.2) is 21.9 Å². The van der Waals surface area contributed by atoms with Gasteiger partial charge in [-0.25, -0.2) is 4.98 Å². The molecule has 0 unspecified atom stereocenters. The fourth-order valence-electron chi connectivity index (χ4n) is 5.53. The number of pyridine rings is 1. The van der Waals surface area contributed by atoms with Crippen LogP contribution >= 0.6 is 11.3 Å². The van der Waals surface area contributed by atoms with Gasteiger partial charge in [-0.1, -0.05) is 68.4 Å². The molecule has 0 radical (unpaired) electrons. The van der Waals surface area contributed by atoms with Crippen molar-refractivity contribution in [3.63, 3.8) is 0 Å². The smallest absolute Gasteiger partial charge is 0.327 e. The Hall–Kier alpha value is -3.15. The highest BCUT2D eigenvalue weighted by atomic mass is 32.1. The molecule has 1 fully saturated rings. The molecule has 3 nitrogen and oxygen atoms in total. The number of thiophene rings is 1. The van der Waals surface area contributed by atoms with Gasteiger partial charge in [0.1, 0.15) is 0 Å². The Bertz CT molecular complexity index is 1740. The van der Waals surface area contributed by atoms with Crippen LogP contribution in [0.3, 0.4) is 0 Å². The predicted octanol–water partition coefficient (Wildman–Crippen LogP) is 7.56. The Morgan fingerprint density at radius 2 is 1.63 bits per heavy atom. The molecule has 5 heteroatoms. The van der Waals surface area contributed by atoms with Crippen LogP contribution in [0.1, 0.15) is 27.7 Å². The lowest BCUT2D eigenvalue weighted by atomic mass is 9.54. The van der Waals surface area contributed by atoms with Gasteiger partial charge in [0.2, 0.25) is 0 Å². The lowest BCUT2D eigenvalue weighted by molar-refractivity contribution is 0.0375. The van der Waals surface area contributed by atoms with E-state index in [1.807, 2.05) is 11.3 Å². The molecule has 4 heterocycles. The van der Waals surface area contributed by atoms with Crippen LogP contribution in [0.2, 0.25) is 6.32 Å². The van der Waals surface area contributed by atoms with Crippen molar-refractivity contribution in [2.45, 2.75) is 39.6 Å². The van der Waals surface area contributed by atoms with Crippen LogP contribution in [0.25, 0.3) is 48.1 Å². The Balaban J connectivity index is 1.44. The maximum absolute atomic E-state index is 6.49. The normalized spacial score (nSPS) is 17.3. The van der Waals surface area contributed by atoms with Gasteiger partial charge in [0.15, 0.2) is 5.65 Å². The molecule has 0 N–H and O–H groups in total. The Morgan fingerprint density at radius 3 is 2.40 bits per heavy atom. The summed E-state index contributed by atoms with van der Waals surface area (Å²) in [6.45, 7) is 9.17. The molecule has 172 valence electrons. The third-order valence-electron chi connectivity index (χ3n) is 8.26. The van der Waals surface area contributed by atoms with E-state index in [0.29, 0.717) is 0 Å². The second kappa shape index (κ2) is 7.19. The minimum atomic E-state index is -0.136. The lowest BCUT2D eigenvalue weighted by Gasteiger charge is -2.34. The number of rotatable bonds is 2. The molecule has 6 aromatic rings. The molecule has 0 bridgehead atoms. The van der Waals surface area contributed by atoms with E-state index in [1.54, 1.807) is 0 Å². The van der Waals surface area contributed by atoms with Crippen LogP contribution in [0.5, 0.6) is 0 Å². The molecule has 0 amide bonds. The van der Waals surface area contributed by atoms with E-state index >= 15 is 0 Å². The molecule has 3 aromatic carbocycles. The lowest BCUT2D eigenvalue weighted by Crippen LogP contribution is -2.36. The molecule has 1 saturated heterocycles. The quantitative estimate of drug-likeness (QED) is 0.242. The van der Waals surface area contributed by atoms with Crippen molar-refractivity contribution in [3.8, 4) is 11.3 Å². The van der Waals surface area contributed by atoms with Crippen LogP contribution in [0, 0.1) is 5.41 Å². The third-order valence-corrected chi connectivity index (χ3v) is 9.44. The van der Waals surface area contributed by atoms with E-state index in [2.05, 4.69) is 111 Å². The molecule has 0 aliphatic carbocycles. The summed E-state index contributed by atoms with van der Waals surface area (Å²) in [5.41, 5.74) is 6.82. The summed E-state index contributed by atoms with van der Waals surface area (Å²) in [6.07, 6.45) is 1.03. The summed E-state index contributed by atoms with van der Waals surface area (Å²) >= 11 is 1.83. The van der Waals surface area contributed by atoms with Crippen molar-refractivity contribution in [1.29, 1.82) is 0 Å². The number of hydrogen-bond donors (Lipinski definition) is 0. The minimum Gasteiger partial charge on any atom is -0.426 e. The monoisotopic (exact) mass is 474 g/mol. The first-order chi connectivity index (χ1) is 16.8. The molecule has 1 aliphatic rings. The third kappa shape index (κ3) is 3.04. The molecule has 0 spiro atoms. The average molecular weight is 474 g/mol. The summed E-state index contributed by atoms with van der Waals surface area (Å²) in [5.74, 6) is 0. The largest absolute Gasteiger partial charge is 0.426 e. The fourth-order valence-corrected chi connectivity index (χ4v) is 6.69. The molecule has 7 rings (SSSR count). The Labute approximate surface area is 209 Å². The van der Waals surface area contributed by atoms with E-state index in [1.165, 1.54) is 36.9 Å². The highest BCUT2D eigenvalue weighted by Gasteiger charge is 2.49.